The van der Waals surface area contributed by atoms with E-state index in [9.17, 15) is 18.0 Å². The lowest BCUT2D eigenvalue weighted by Crippen LogP contribution is -2.54. The Bertz CT molecular complexity index is 1770. The maximum absolute atomic E-state index is 14.6. The topological polar surface area (TPSA) is 86.8 Å². The highest BCUT2D eigenvalue weighted by Crippen LogP contribution is 2.30. The lowest BCUT2D eigenvalue weighted by atomic mass is 10.0. The van der Waals surface area contributed by atoms with Crippen molar-refractivity contribution in [2.45, 2.75) is 62.6 Å². The molecular weight excluding hydrogens is 686 g/mol. The number of nitrogens with one attached hydrogen (secondary N) is 1. The van der Waals surface area contributed by atoms with Gasteiger partial charge in [-0.15, -0.1) is 0 Å². The van der Waals surface area contributed by atoms with E-state index in [1.54, 1.807) is 43.3 Å². The van der Waals surface area contributed by atoms with Crippen molar-refractivity contribution in [3.05, 3.63) is 129 Å². The molecule has 46 heavy (non-hydrogen) atoms. The van der Waals surface area contributed by atoms with Crippen LogP contribution in [0.15, 0.2) is 112 Å². The zero-order valence-corrected chi connectivity index (χ0v) is 28.8. The second kappa shape index (κ2) is 15.3. The summed E-state index contributed by atoms with van der Waals surface area (Å²) in [5, 5.41) is 3.65. The highest BCUT2D eigenvalue weighted by atomic mass is 79.9. The minimum atomic E-state index is -4.19. The third kappa shape index (κ3) is 8.37. The van der Waals surface area contributed by atoms with Crippen LogP contribution in [0.25, 0.3) is 0 Å². The number of sulfonamides is 1. The van der Waals surface area contributed by atoms with Crippen molar-refractivity contribution >= 4 is 55.1 Å². The van der Waals surface area contributed by atoms with Gasteiger partial charge in [0.05, 0.1) is 10.6 Å². The van der Waals surface area contributed by atoms with Crippen LogP contribution in [0, 0.1) is 6.92 Å². The largest absolute Gasteiger partial charge is 0.352 e. The normalized spacial score (nSPS) is 14.1. The molecule has 1 aliphatic carbocycles. The van der Waals surface area contributed by atoms with Crippen LogP contribution in [-0.4, -0.2) is 43.8 Å². The molecule has 0 saturated heterocycles. The van der Waals surface area contributed by atoms with Crippen molar-refractivity contribution in [2.24, 2.45) is 0 Å². The smallest absolute Gasteiger partial charge is 0.264 e. The number of carbonyl (C=O) groups is 2. The summed E-state index contributed by atoms with van der Waals surface area (Å²) in [6.45, 7) is 1.34. The molecule has 5 rings (SSSR count). The van der Waals surface area contributed by atoms with Crippen LogP contribution in [-0.2, 0) is 32.6 Å². The zero-order chi connectivity index (χ0) is 32.7. The molecule has 7 nitrogen and oxygen atoms in total. The van der Waals surface area contributed by atoms with Crippen LogP contribution in [0.1, 0.15) is 42.4 Å². The first-order valence-corrected chi connectivity index (χ1v) is 17.9. The molecule has 1 atom stereocenters. The number of benzene rings is 4. The molecule has 4 aromatic rings. The van der Waals surface area contributed by atoms with Crippen molar-refractivity contribution in [3.8, 4) is 0 Å². The van der Waals surface area contributed by atoms with E-state index in [1.807, 2.05) is 54.6 Å². The summed E-state index contributed by atoms with van der Waals surface area (Å²) in [5.74, 6) is -0.754. The van der Waals surface area contributed by atoms with Crippen LogP contribution in [0.5, 0.6) is 0 Å². The number of hydrogen-bond donors (Lipinski definition) is 1. The maximum Gasteiger partial charge on any atom is 0.264 e. The second-order valence-electron chi connectivity index (χ2n) is 11.6. The van der Waals surface area contributed by atoms with E-state index in [0.29, 0.717) is 16.3 Å². The van der Waals surface area contributed by atoms with Gasteiger partial charge in [-0.25, -0.2) is 8.42 Å². The summed E-state index contributed by atoms with van der Waals surface area (Å²) in [7, 11) is -4.19. The van der Waals surface area contributed by atoms with E-state index in [4.69, 9.17) is 11.6 Å². The minimum absolute atomic E-state index is 0.0419. The average Bonchev–Trinajstić information content (AvgIpc) is 3.56. The summed E-state index contributed by atoms with van der Waals surface area (Å²) in [4.78, 5) is 30.3. The number of amides is 2. The maximum atomic E-state index is 14.6. The van der Waals surface area contributed by atoms with Gasteiger partial charge in [-0.1, -0.05) is 101 Å². The molecule has 0 unspecified atom stereocenters. The van der Waals surface area contributed by atoms with Crippen molar-refractivity contribution in [1.29, 1.82) is 0 Å². The van der Waals surface area contributed by atoms with Crippen molar-refractivity contribution in [2.75, 3.05) is 10.8 Å². The number of anilines is 1. The zero-order valence-electron chi connectivity index (χ0n) is 25.6. The Hall–Kier alpha value is -3.66. The molecule has 0 aromatic heterocycles. The third-order valence-electron chi connectivity index (χ3n) is 8.25. The number of rotatable bonds is 12. The predicted molar refractivity (Wildman–Crippen MR) is 186 cm³/mol. The summed E-state index contributed by atoms with van der Waals surface area (Å²) in [6, 6.07) is 29.2. The quantitative estimate of drug-likeness (QED) is 0.166. The molecule has 2 amide bonds. The molecule has 1 N–H and O–H groups in total. The molecule has 4 aromatic carbocycles. The van der Waals surface area contributed by atoms with Gasteiger partial charge in [0.25, 0.3) is 10.0 Å². The van der Waals surface area contributed by atoms with E-state index >= 15 is 0 Å². The highest BCUT2D eigenvalue weighted by molar-refractivity contribution is 9.10. The minimum Gasteiger partial charge on any atom is -0.352 e. The van der Waals surface area contributed by atoms with E-state index in [0.717, 1.165) is 45.6 Å². The first-order chi connectivity index (χ1) is 22.1. The fourth-order valence-electron chi connectivity index (χ4n) is 5.89. The van der Waals surface area contributed by atoms with Crippen molar-refractivity contribution in [3.63, 3.8) is 0 Å². The van der Waals surface area contributed by atoms with Crippen LogP contribution in [0.4, 0.5) is 5.69 Å². The van der Waals surface area contributed by atoms with Gasteiger partial charge in [0.2, 0.25) is 11.8 Å². The molecule has 0 spiro atoms. The molecule has 1 saturated carbocycles. The SMILES string of the molecule is Cc1cc(Cl)ccc1N(CC(=O)N(Cc1cccc(Br)c1)[C@H](Cc1ccccc1)C(=O)NC1CCCC1)S(=O)(=O)c1ccccc1. The Labute approximate surface area is 284 Å². The van der Waals surface area contributed by atoms with E-state index in [1.165, 1.54) is 17.0 Å². The Morgan fingerprint density at radius 2 is 1.54 bits per heavy atom. The fourth-order valence-corrected chi connectivity index (χ4v) is 8.06. The Morgan fingerprint density at radius 3 is 2.20 bits per heavy atom. The van der Waals surface area contributed by atoms with Crippen LogP contribution in [0.2, 0.25) is 5.02 Å². The number of aryl methyl sites for hydroxylation is 1. The summed E-state index contributed by atoms with van der Waals surface area (Å²) >= 11 is 9.77. The summed E-state index contributed by atoms with van der Waals surface area (Å²) in [5.41, 5.74) is 2.62. The van der Waals surface area contributed by atoms with Crippen LogP contribution in [0.3, 0.4) is 0 Å². The monoisotopic (exact) mass is 721 g/mol. The number of halogens is 2. The standard InChI is InChI=1S/C36H37BrClN3O4S/c1-26-21-30(38)19-20-33(26)41(46(44,45)32-17-6-3-7-18-32)25-35(42)40(24-28-13-10-14-29(37)22-28)34(23-27-11-4-2-5-12-27)36(43)39-31-15-8-9-16-31/h2-7,10-14,17-22,31,34H,8-9,15-16,23-25H2,1H3,(H,39,43)/t34-/m1/s1. The molecular formula is C36H37BrClN3O4S. The Kier molecular flexibility index (Phi) is 11.2. The summed E-state index contributed by atoms with van der Waals surface area (Å²) < 4.78 is 30.3. The lowest BCUT2D eigenvalue weighted by molar-refractivity contribution is -0.140. The Morgan fingerprint density at radius 1 is 0.891 bits per heavy atom. The molecule has 0 bridgehead atoms. The molecule has 0 heterocycles. The van der Waals surface area contributed by atoms with Gasteiger partial charge < -0.3 is 10.2 Å². The van der Waals surface area contributed by atoms with Crippen molar-refractivity contribution < 1.29 is 18.0 Å². The third-order valence-corrected chi connectivity index (χ3v) is 10.8. The fraction of sp³-hybridized carbons (Fsp3) is 0.278. The van der Waals surface area contributed by atoms with Gasteiger partial charge in [-0.2, -0.15) is 0 Å². The van der Waals surface area contributed by atoms with E-state index in [2.05, 4.69) is 21.2 Å². The van der Waals surface area contributed by atoms with E-state index < -0.39 is 28.5 Å². The van der Waals surface area contributed by atoms with Gasteiger partial charge in [0.1, 0.15) is 12.6 Å². The number of carbonyl (C=O) groups excluding carboxylic acids is 2. The molecule has 10 heteroatoms. The first kappa shape index (κ1) is 33.7. The van der Waals surface area contributed by atoms with Gasteiger partial charge >= 0.3 is 0 Å². The number of nitrogens with zero attached hydrogens (tertiary/aromatic N) is 2. The molecule has 0 radical (unpaired) electrons. The molecule has 0 aliphatic heterocycles. The predicted octanol–water partition coefficient (Wildman–Crippen LogP) is 7.31. The van der Waals surface area contributed by atoms with Gasteiger partial charge in [0.15, 0.2) is 0 Å². The molecule has 1 fully saturated rings. The number of hydrogen-bond acceptors (Lipinski definition) is 4. The summed E-state index contributed by atoms with van der Waals surface area (Å²) in [6.07, 6.45) is 4.14. The average molecular weight is 723 g/mol. The first-order valence-electron chi connectivity index (χ1n) is 15.3. The van der Waals surface area contributed by atoms with Crippen LogP contribution < -0.4 is 9.62 Å². The van der Waals surface area contributed by atoms with Gasteiger partial charge in [0, 0.05) is 28.5 Å². The second-order valence-corrected chi connectivity index (χ2v) is 14.8. The highest BCUT2D eigenvalue weighted by Gasteiger charge is 2.36. The van der Waals surface area contributed by atoms with Gasteiger partial charge in [-0.3, -0.25) is 13.9 Å². The van der Waals surface area contributed by atoms with Crippen molar-refractivity contribution in [1.82, 2.24) is 10.2 Å². The lowest BCUT2D eigenvalue weighted by Gasteiger charge is -2.34. The Balaban J connectivity index is 1.58. The van der Waals surface area contributed by atoms with Gasteiger partial charge in [-0.05, 0) is 78.9 Å². The van der Waals surface area contributed by atoms with Crippen LogP contribution >= 0.6 is 27.5 Å². The van der Waals surface area contributed by atoms with E-state index in [-0.39, 0.29) is 29.8 Å². The molecule has 240 valence electrons. The molecule has 1 aliphatic rings.